The number of hydrogen-bond acceptors (Lipinski definition) is 3. The Bertz CT molecular complexity index is 135. The van der Waals surface area contributed by atoms with Crippen molar-refractivity contribution in [1.29, 1.82) is 0 Å². The van der Waals surface area contributed by atoms with E-state index in [1.807, 2.05) is 0 Å². The van der Waals surface area contributed by atoms with Gasteiger partial charge in [0.1, 0.15) is 0 Å². The van der Waals surface area contributed by atoms with Crippen molar-refractivity contribution in [1.82, 2.24) is 0 Å². The summed E-state index contributed by atoms with van der Waals surface area (Å²) in [5.74, 6) is -0.499. The van der Waals surface area contributed by atoms with Gasteiger partial charge in [-0.3, -0.25) is 4.79 Å². The van der Waals surface area contributed by atoms with Crippen molar-refractivity contribution < 1.29 is 14.3 Å². The number of esters is 1. The molecule has 10 heavy (non-hydrogen) atoms. The fourth-order valence-corrected chi connectivity index (χ4v) is 0.813. The van der Waals surface area contributed by atoms with Crippen molar-refractivity contribution in [3.05, 3.63) is 0 Å². The van der Waals surface area contributed by atoms with Crippen LogP contribution in [-0.2, 0) is 9.53 Å². The van der Waals surface area contributed by atoms with Crippen molar-refractivity contribution >= 4 is 42.7 Å². The van der Waals surface area contributed by atoms with Crippen LogP contribution in [0.25, 0.3) is 0 Å². The Hall–Kier alpha value is 0.1000. The minimum absolute atomic E-state index is 0.266. The molecule has 0 aromatic carbocycles. The fraction of sp³-hybridized carbons (Fsp3) is 0.600. The van der Waals surface area contributed by atoms with Crippen molar-refractivity contribution in [3.8, 4) is 0 Å². The Morgan fingerprint density at radius 3 is 2.40 bits per heavy atom. The van der Waals surface area contributed by atoms with Crippen molar-refractivity contribution in [3.63, 3.8) is 0 Å². The molecule has 3 nitrogen and oxygen atoms in total. The van der Waals surface area contributed by atoms with Gasteiger partial charge in [-0.25, -0.2) is 4.79 Å². The molecule has 0 aromatic heterocycles. The molecule has 0 spiro atoms. The third-order valence-electron chi connectivity index (χ3n) is 0.709. The summed E-state index contributed by atoms with van der Waals surface area (Å²) in [6.45, 7) is 0. The molecule has 0 atom stereocenters. The van der Waals surface area contributed by atoms with Crippen LogP contribution in [0.15, 0.2) is 0 Å². The smallest absolute Gasteiger partial charge is 0.382 e. The number of carbonyl (C=O) groups is 2. The van der Waals surface area contributed by atoms with E-state index in [0.717, 1.165) is 5.33 Å². The number of carbonyl (C=O) groups excluding carboxylic acids is 2. The lowest BCUT2D eigenvalue weighted by atomic mass is 10.3. The molecule has 0 saturated carbocycles. The van der Waals surface area contributed by atoms with E-state index >= 15 is 0 Å². The summed E-state index contributed by atoms with van der Waals surface area (Å²) in [4.78, 5) is 19.9. The van der Waals surface area contributed by atoms with Gasteiger partial charge >= 0.3 is 10.8 Å². The maximum atomic E-state index is 10.5. The number of ether oxygens (including phenoxy) is 1. The first-order valence-electron chi connectivity index (χ1n) is 2.63. The zero-order valence-electron chi connectivity index (χ0n) is 5.10. The molecular formula is C5H6Br2O3. The van der Waals surface area contributed by atoms with Gasteiger partial charge < -0.3 is 4.74 Å². The molecule has 58 valence electrons. The summed E-state index contributed by atoms with van der Waals surface area (Å²) >= 11 is 5.61. The second-order valence-corrected chi connectivity index (χ2v) is 2.94. The van der Waals surface area contributed by atoms with Gasteiger partial charge in [0.15, 0.2) is 0 Å². The van der Waals surface area contributed by atoms with Gasteiger partial charge in [0.2, 0.25) is 0 Å². The summed E-state index contributed by atoms with van der Waals surface area (Å²) in [5, 5.41) is 0.735. The molecule has 0 N–H and O–H groups in total. The molecule has 0 heterocycles. The molecule has 0 rings (SSSR count). The van der Waals surface area contributed by atoms with Gasteiger partial charge in [-0.2, -0.15) is 0 Å². The van der Waals surface area contributed by atoms with Crippen LogP contribution in [0.1, 0.15) is 12.8 Å². The van der Waals surface area contributed by atoms with Gasteiger partial charge in [-0.1, -0.05) is 15.9 Å². The minimum atomic E-state index is -0.730. The number of rotatable bonds is 3. The second-order valence-electron chi connectivity index (χ2n) is 1.50. The van der Waals surface area contributed by atoms with Crippen LogP contribution < -0.4 is 0 Å². The highest BCUT2D eigenvalue weighted by Crippen LogP contribution is 1.99. The summed E-state index contributed by atoms with van der Waals surface area (Å²) in [6.07, 6.45) is 0.946. The van der Waals surface area contributed by atoms with E-state index in [-0.39, 0.29) is 6.42 Å². The Kier molecular flexibility index (Phi) is 5.91. The van der Waals surface area contributed by atoms with Gasteiger partial charge in [0, 0.05) is 27.7 Å². The molecule has 0 aromatic rings. The van der Waals surface area contributed by atoms with Crippen LogP contribution in [-0.4, -0.2) is 16.2 Å². The van der Waals surface area contributed by atoms with Crippen molar-refractivity contribution in [2.24, 2.45) is 0 Å². The molecule has 0 aliphatic rings. The number of halogens is 2. The van der Waals surface area contributed by atoms with E-state index in [1.165, 1.54) is 0 Å². The average molecular weight is 274 g/mol. The summed E-state index contributed by atoms with van der Waals surface area (Å²) in [5.41, 5.74) is 0. The Balaban J connectivity index is 3.35. The molecule has 0 unspecified atom stereocenters. The van der Waals surface area contributed by atoms with Crippen LogP contribution in [0.3, 0.4) is 0 Å². The first-order valence-corrected chi connectivity index (χ1v) is 4.54. The Morgan fingerprint density at radius 2 is 2.00 bits per heavy atom. The third-order valence-corrected chi connectivity index (χ3v) is 1.43. The van der Waals surface area contributed by atoms with E-state index in [0.29, 0.717) is 6.42 Å². The summed E-state index contributed by atoms with van der Waals surface area (Å²) in [6, 6.07) is 0. The first-order chi connectivity index (χ1) is 4.66. The van der Waals surface area contributed by atoms with Crippen molar-refractivity contribution in [2.45, 2.75) is 12.8 Å². The predicted molar refractivity (Wildman–Crippen MR) is 43.4 cm³/mol. The van der Waals surface area contributed by atoms with E-state index in [1.54, 1.807) is 0 Å². The average Bonchev–Trinajstić information content (AvgIpc) is 1.82. The van der Waals surface area contributed by atoms with Crippen LogP contribution in [0, 0.1) is 0 Å². The second kappa shape index (κ2) is 5.85. The van der Waals surface area contributed by atoms with E-state index in [4.69, 9.17) is 0 Å². The lowest BCUT2D eigenvalue weighted by Crippen LogP contribution is -2.05. The standard InChI is InChI=1S/C5H6Br2O3/c6-3-1-2-4(8)10-5(7)9/h1-3H2. The minimum Gasteiger partial charge on any atom is -0.384 e. The SMILES string of the molecule is O=C(Br)OC(=O)CCCBr. The van der Waals surface area contributed by atoms with Crippen LogP contribution >= 0.6 is 31.9 Å². The Morgan fingerprint density at radius 1 is 1.40 bits per heavy atom. The topological polar surface area (TPSA) is 43.4 Å². The zero-order valence-corrected chi connectivity index (χ0v) is 8.27. The highest BCUT2D eigenvalue weighted by Gasteiger charge is 2.04. The van der Waals surface area contributed by atoms with E-state index in [9.17, 15) is 9.59 Å². The van der Waals surface area contributed by atoms with Crippen LogP contribution in [0.2, 0.25) is 0 Å². The number of alkyl halides is 1. The number of hydrogen-bond donors (Lipinski definition) is 0. The van der Waals surface area contributed by atoms with Gasteiger partial charge in [0.05, 0.1) is 0 Å². The fourth-order valence-electron chi connectivity index (χ4n) is 0.352. The highest BCUT2D eigenvalue weighted by atomic mass is 79.9. The molecule has 0 saturated heterocycles. The lowest BCUT2D eigenvalue weighted by molar-refractivity contribution is -0.136. The third kappa shape index (κ3) is 6.22. The molecule has 0 bridgehead atoms. The van der Waals surface area contributed by atoms with Crippen molar-refractivity contribution in [2.75, 3.05) is 5.33 Å². The molecule has 0 aliphatic carbocycles. The molecule has 5 heteroatoms. The quantitative estimate of drug-likeness (QED) is 0.343. The first kappa shape index (κ1) is 10.1. The summed E-state index contributed by atoms with van der Waals surface area (Å²) in [7, 11) is 0. The van der Waals surface area contributed by atoms with Gasteiger partial charge in [-0.15, -0.1) is 0 Å². The van der Waals surface area contributed by atoms with E-state index in [2.05, 4.69) is 36.6 Å². The Labute approximate surface area is 75.4 Å². The predicted octanol–water partition coefficient (Wildman–Crippen LogP) is 2.22. The normalized spacial score (nSPS) is 9.00. The summed E-state index contributed by atoms with van der Waals surface area (Å²) < 4.78 is 4.17. The molecule has 0 aliphatic heterocycles. The van der Waals surface area contributed by atoms with Crippen LogP contribution in [0.4, 0.5) is 4.79 Å². The highest BCUT2D eigenvalue weighted by molar-refractivity contribution is 9.18. The molecule has 0 amide bonds. The molecular weight excluding hydrogens is 268 g/mol. The van der Waals surface area contributed by atoms with Gasteiger partial charge in [-0.05, 0) is 6.42 Å². The van der Waals surface area contributed by atoms with E-state index < -0.39 is 10.8 Å². The molecule has 0 radical (unpaired) electrons. The zero-order chi connectivity index (χ0) is 7.98. The molecule has 0 fully saturated rings. The maximum absolute atomic E-state index is 10.5. The van der Waals surface area contributed by atoms with Crippen LogP contribution in [0.5, 0.6) is 0 Å². The maximum Gasteiger partial charge on any atom is 0.382 e. The monoisotopic (exact) mass is 272 g/mol. The lowest BCUT2D eigenvalue weighted by Gasteiger charge is -1.94. The van der Waals surface area contributed by atoms with Gasteiger partial charge in [0.25, 0.3) is 0 Å². The largest absolute Gasteiger partial charge is 0.384 e.